The molecule has 0 aliphatic carbocycles. The second kappa shape index (κ2) is 8.27. The van der Waals surface area contributed by atoms with Crippen LogP contribution in [0.2, 0.25) is 0 Å². The van der Waals surface area contributed by atoms with Crippen LogP contribution in [0.25, 0.3) is 0 Å². The molecule has 1 rings (SSSR count). The van der Waals surface area contributed by atoms with E-state index in [1.807, 2.05) is 13.8 Å². The Hall–Kier alpha value is -0.430. The van der Waals surface area contributed by atoms with Crippen molar-refractivity contribution in [1.29, 1.82) is 0 Å². The highest BCUT2D eigenvalue weighted by atomic mass is 79.9. The minimum absolute atomic E-state index is 0.105. The normalized spacial score (nSPS) is 13.4. The van der Waals surface area contributed by atoms with Gasteiger partial charge in [0.05, 0.1) is 11.5 Å². The van der Waals surface area contributed by atoms with Gasteiger partial charge in [-0.2, -0.15) is 0 Å². The van der Waals surface area contributed by atoms with Gasteiger partial charge >= 0.3 is 0 Å². The Bertz CT molecular complexity index is 573. The van der Waals surface area contributed by atoms with Crippen LogP contribution in [0.4, 0.5) is 0 Å². The maximum atomic E-state index is 12.5. The summed E-state index contributed by atoms with van der Waals surface area (Å²) in [5, 5.41) is 9.24. The van der Waals surface area contributed by atoms with Crippen molar-refractivity contribution >= 4 is 26.0 Å². The van der Waals surface area contributed by atoms with E-state index in [2.05, 4.69) is 27.6 Å². The monoisotopic (exact) mass is 377 g/mol. The van der Waals surface area contributed by atoms with Gasteiger partial charge in [-0.05, 0) is 53.4 Å². The van der Waals surface area contributed by atoms with E-state index in [0.717, 1.165) is 31.2 Å². The predicted molar refractivity (Wildman–Crippen MR) is 88.7 cm³/mol. The molecule has 1 unspecified atom stereocenters. The van der Waals surface area contributed by atoms with Crippen LogP contribution in [0.1, 0.15) is 50.7 Å². The summed E-state index contributed by atoms with van der Waals surface area (Å²) in [5.74, 6) is 0. The second-order valence-corrected chi connectivity index (χ2v) is 7.88. The first kappa shape index (κ1) is 18.6. The van der Waals surface area contributed by atoms with Crippen LogP contribution in [-0.2, 0) is 16.6 Å². The molecule has 21 heavy (non-hydrogen) atoms. The van der Waals surface area contributed by atoms with Crippen molar-refractivity contribution in [3.63, 3.8) is 0 Å². The third-order valence-electron chi connectivity index (χ3n) is 3.35. The molecule has 0 aromatic heterocycles. The zero-order chi connectivity index (χ0) is 16.0. The van der Waals surface area contributed by atoms with Gasteiger partial charge in [0.25, 0.3) is 0 Å². The van der Waals surface area contributed by atoms with Crippen molar-refractivity contribution < 1.29 is 13.5 Å². The lowest BCUT2D eigenvalue weighted by atomic mass is 10.1. The van der Waals surface area contributed by atoms with Crippen LogP contribution >= 0.6 is 15.9 Å². The second-order valence-electron chi connectivity index (χ2n) is 5.40. The van der Waals surface area contributed by atoms with Gasteiger partial charge in [-0.15, -0.1) is 0 Å². The molecule has 1 atom stereocenters. The number of nitrogens with one attached hydrogen (secondary N) is 1. The van der Waals surface area contributed by atoms with Gasteiger partial charge in [0.2, 0.25) is 10.0 Å². The first-order valence-electron chi connectivity index (χ1n) is 7.24. The number of rotatable bonds is 8. The van der Waals surface area contributed by atoms with Crippen molar-refractivity contribution in [2.45, 2.75) is 64.0 Å². The molecule has 0 heterocycles. The highest BCUT2D eigenvalue weighted by Crippen LogP contribution is 2.27. The molecular weight excluding hydrogens is 354 g/mol. The number of aryl methyl sites for hydroxylation is 1. The average molecular weight is 378 g/mol. The van der Waals surface area contributed by atoms with Gasteiger partial charge in [-0.25, -0.2) is 13.1 Å². The van der Waals surface area contributed by atoms with Gasteiger partial charge in [0, 0.05) is 10.5 Å². The molecule has 1 aromatic carbocycles. The van der Waals surface area contributed by atoms with E-state index in [1.54, 1.807) is 6.07 Å². The maximum Gasteiger partial charge on any atom is 0.241 e. The fourth-order valence-corrected chi connectivity index (χ4v) is 4.53. The molecule has 2 N–H and O–H groups in total. The topological polar surface area (TPSA) is 66.4 Å². The molecule has 4 nitrogen and oxygen atoms in total. The predicted octanol–water partition coefficient (Wildman–Crippen LogP) is 3.50. The van der Waals surface area contributed by atoms with Crippen LogP contribution in [0.15, 0.2) is 21.5 Å². The number of hydrogen-bond donors (Lipinski definition) is 2. The molecule has 0 aliphatic rings. The van der Waals surface area contributed by atoms with Crippen LogP contribution in [0.5, 0.6) is 0 Å². The zero-order valence-electron chi connectivity index (χ0n) is 12.8. The smallest absolute Gasteiger partial charge is 0.241 e. The summed E-state index contributed by atoms with van der Waals surface area (Å²) in [7, 11) is -3.59. The first-order valence-corrected chi connectivity index (χ1v) is 9.51. The SMILES string of the molecule is CCCCCC(C)NS(=O)(=O)c1cc(CO)cc(C)c1Br. The standard InChI is InChI=1S/C15H24BrNO3S/c1-4-5-6-7-12(3)17-21(19,20)14-9-13(10-18)8-11(2)15(14)16/h8-9,12,17-18H,4-7,10H2,1-3H3. The molecule has 0 amide bonds. The minimum Gasteiger partial charge on any atom is -0.392 e. The van der Waals surface area contributed by atoms with E-state index in [-0.39, 0.29) is 17.5 Å². The van der Waals surface area contributed by atoms with E-state index in [1.165, 1.54) is 6.07 Å². The average Bonchev–Trinajstić information content (AvgIpc) is 2.41. The summed E-state index contributed by atoms with van der Waals surface area (Å²) in [6.45, 7) is 5.63. The Balaban J connectivity index is 2.95. The van der Waals surface area contributed by atoms with E-state index >= 15 is 0 Å². The number of benzene rings is 1. The summed E-state index contributed by atoms with van der Waals surface area (Å²) in [6, 6.07) is 3.18. The molecule has 1 aromatic rings. The molecule has 0 fully saturated rings. The van der Waals surface area contributed by atoms with E-state index in [4.69, 9.17) is 0 Å². The third-order valence-corrected chi connectivity index (χ3v) is 6.28. The first-order chi connectivity index (χ1) is 9.81. The van der Waals surface area contributed by atoms with Gasteiger partial charge < -0.3 is 5.11 Å². The van der Waals surface area contributed by atoms with Crippen LogP contribution in [0, 0.1) is 6.92 Å². The van der Waals surface area contributed by atoms with Gasteiger partial charge in [0.1, 0.15) is 0 Å². The molecule has 120 valence electrons. The Morgan fingerprint density at radius 2 is 2.00 bits per heavy atom. The molecule has 0 saturated heterocycles. The summed E-state index contributed by atoms with van der Waals surface area (Å²) in [6.07, 6.45) is 4.05. The van der Waals surface area contributed by atoms with E-state index < -0.39 is 10.0 Å². The van der Waals surface area contributed by atoms with Crippen LogP contribution in [0.3, 0.4) is 0 Å². The quantitative estimate of drug-likeness (QED) is 0.681. The minimum atomic E-state index is -3.59. The number of sulfonamides is 1. The lowest BCUT2D eigenvalue weighted by Gasteiger charge is -2.16. The van der Waals surface area contributed by atoms with Crippen LogP contribution in [-0.4, -0.2) is 19.6 Å². The van der Waals surface area contributed by atoms with Gasteiger partial charge in [-0.3, -0.25) is 0 Å². The molecule has 0 spiro atoms. The molecule has 6 heteroatoms. The third kappa shape index (κ3) is 5.36. The molecule has 0 bridgehead atoms. The maximum absolute atomic E-state index is 12.5. The van der Waals surface area contributed by atoms with Gasteiger partial charge in [0.15, 0.2) is 0 Å². The molecule has 0 radical (unpaired) electrons. The number of aliphatic hydroxyl groups excluding tert-OH is 1. The fourth-order valence-electron chi connectivity index (χ4n) is 2.18. The van der Waals surface area contributed by atoms with E-state index in [9.17, 15) is 13.5 Å². The van der Waals surface area contributed by atoms with Crippen molar-refractivity contribution in [2.75, 3.05) is 0 Å². The lowest BCUT2D eigenvalue weighted by Crippen LogP contribution is -2.33. The number of unbranched alkanes of at least 4 members (excludes halogenated alkanes) is 2. The Morgan fingerprint density at radius 1 is 1.33 bits per heavy atom. The van der Waals surface area contributed by atoms with Crippen molar-refractivity contribution in [2.24, 2.45) is 0 Å². The Labute approximate surface area is 136 Å². The van der Waals surface area contributed by atoms with Gasteiger partial charge in [-0.1, -0.05) is 32.3 Å². The summed E-state index contributed by atoms with van der Waals surface area (Å²) < 4.78 is 28.2. The Morgan fingerprint density at radius 3 is 2.57 bits per heavy atom. The highest BCUT2D eigenvalue weighted by molar-refractivity contribution is 9.10. The summed E-state index contributed by atoms with van der Waals surface area (Å²) >= 11 is 3.33. The fraction of sp³-hybridized carbons (Fsp3) is 0.600. The lowest BCUT2D eigenvalue weighted by molar-refractivity contribution is 0.281. The Kier molecular flexibility index (Phi) is 7.33. The van der Waals surface area contributed by atoms with Crippen molar-refractivity contribution in [1.82, 2.24) is 4.72 Å². The molecule has 0 saturated carbocycles. The summed E-state index contributed by atoms with van der Waals surface area (Å²) in [4.78, 5) is 0.189. The number of hydrogen-bond acceptors (Lipinski definition) is 3. The largest absolute Gasteiger partial charge is 0.392 e. The summed E-state index contributed by atoms with van der Waals surface area (Å²) in [5.41, 5.74) is 1.38. The number of aliphatic hydroxyl groups is 1. The highest BCUT2D eigenvalue weighted by Gasteiger charge is 2.21. The van der Waals surface area contributed by atoms with Crippen molar-refractivity contribution in [3.8, 4) is 0 Å². The van der Waals surface area contributed by atoms with Crippen LogP contribution < -0.4 is 4.72 Å². The molecular formula is C15H24BrNO3S. The van der Waals surface area contributed by atoms with Crippen molar-refractivity contribution in [3.05, 3.63) is 27.7 Å². The zero-order valence-corrected chi connectivity index (χ0v) is 15.2. The number of halogens is 1. The molecule has 0 aliphatic heterocycles. The van der Waals surface area contributed by atoms with E-state index in [0.29, 0.717) is 10.0 Å².